The van der Waals surface area contributed by atoms with Crippen molar-refractivity contribution in [2.24, 2.45) is 10.9 Å². The van der Waals surface area contributed by atoms with Crippen LogP contribution in [0.25, 0.3) is 0 Å². The van der Waals surface area contributed by atoms with Crippen LogP contribution in [0.15, 0.2) is 29.3 Å². The Bertz CT molecular complexity index is 678. The first-order valence-corrected chi connectivity index (χ1v) is 10.9. The van der Waals surface area contributed by atoms with Crippen LogP contribution in [-0.2, 0) is 11.3 Å². The molecule has 1 fully saturated rings. The molecule has 1 amide bonds. The molecule has 0 aromatic heterocycles. The molecule has 0 atom stereocenters. The van der Waals surface area contributed by atoms with E-state index >= 15 is 0 Å². The standard InChI is InChI=1S/C22H36ClN5O/c1-5-24-21(26-15-20(29)27-22(2,3)4)25-14-17-10-12-28(13-11-17)16-18-8-6-7-9-19(18)23/h6-9,17H,5,10-16H2,1-4H3,(H,27,29)(H2,24,25,26). The molecule has 2 rings (SSSR count). The van der Waals surface area contributed by atoms with Crippen LogP contribution >= 0.6 is 11.6 Å². The fraction of sp³-hybridized carbons (Fsp3) is 0.636. The summed E-state index contributed by atoms with van der Waals surface area (Å²) in [5, 5.41) is 10.4. The first-order chi connectivity index (χ1) is 13.8. The highest BCUT2D eigenvalue weighted by molar-refractivity contribution is 6.31. The summed E-state index contributed by atoms with van der Waals surface area (Å²) in [4.78, 5) is 18.9. The molecule has 1 aromatic rings. The predicted octanol–water partition coefficient (Wildman–Crippen LogP) is 3.02. The monoisotopic (exact) mass is 421 g/mol. The van der Waals surface area contributed by atoms with Crippen molar-refractivity contribution in [1.29, 1.82) is 0 Å². The maximum atomic E-state index is 12.0. The number of carbonyl (C=O) groups excluding carboxylic acids is 1. The maximum Gasteiger partial charge on any atom is 0.242 e. The van der Waals surface area contributed by atoms with Gasteiger partial charge in [-0.3, -0.25) is 9.69 Å². The van der Waals surface area contributed by atoms with Crippen molar-refractivity contribution in [3.63, 3.8) is 0 Å². The highest BCUT2D eigenvalue weighted by atomic mass is 35.5. The number of nitrogens with one attached hydrogen (secondary N) is 3. The number of amides is 1. The summed E-state index contributed by atoms with van der Waals surface area (Å²) < 4.78 is 0. The average molecular weight is 422 g/mol. The van der Waals surface area contributed by atoms with Gasteiger partial charge in [0.15, 0.2) is 5.96 Å². The smallest absolute Gasteiger partial charge is 0.242 e. The van der Waals surface area contributed by atoms with E-state index in [0.29, 0.717) is 11.9 Å². The summed E-state index contributed by atoms with van der Waals surface area (Å²) in [7, 11) is 0. The summed E-state index contributed by atoms with van der Waals surface area (Å²) in [6, 6.07) is 8.07. The molecule has 0 bridgehead atoms. The number of guanidine groups is 1. The molecule has 6 nitrogen and oxygen atoms in total. The largest absolute Gasteiger partial charge is 0.357 e. The number of aliphatic imine (C=N–C) groups is 1. The van der Waals surface area contributed by atoms with Gasteiger partial charge < -0.3 is 16.0 Å². The third-order valence-corrected chi connectivity index (χ3v) is 5.23. The Hall–Kier alpha value is -1.79. The number of hydrogen-bond acceptors (Lipinski definition) is 3. The third-order valence-electron chi connectivity index (χ3n) is 4.86. The van der Waals surface area contributed by atoms with Crippen LogP contribution in [0.2, 0.25) is 5.02 Å². The zero-order valence-corrected chi connectivity index (χ0v) is 19.0. The first kappa shape index (κ1) is 23.5. The van der Waals surface area contributed by atoms with Crippen LogP contribution in [-0.4, -0.2) is 55.0 Å². The van der Waals surface area contributed by atoms with Gasteiger partial charge in [0.1, 0.15) is 6.54 Å². The lowest BCUT2D eigenvalue weighted by atomic mass is 9.96. The van der Waals surface area contributed by atoms with Gasteiger partial charge in [0.2, 0.25) is 5.91 Å². The third kappa shape index (κ3) is 9.05. The van der Waals surface area contributed by atoms with Crippen molar-refractivity contribution < 1.29 is 4.79 Å². The summed E-state index contributed by atoms with van der Waals surface area (Å²) in [6.07, 6.45) is 2.28. The second-order valence-electron chi connectivity index (χ2n) is 8.69. The summed E-state index contributed by atoms with van der Waals surface area (Å²) >= 11 is 6.29. The lowest BCUT2D eigenvalue weighted by Crippen LogP contribution is -2.44. The molecule has 3 N–H and O–H groups in total. The van der Waals surface area contributed by atoms with Crippen molar-refractivity contribution in [2.75, 3.05) is 32.7 Å². The number of benzene rings is 1. The van der Waals surface area contributed by atoms with Crippen LogP contribution < -0.4 is 16.0 Å². The van der Waals surface area contributed by atoms with E-state index in [1.54, 1.807) is 0 Å². The first-order valence-electron chi connectivity index (χ1n) is 10.6. The topological polar surface area (TPSA) is 68.8 Å². The highest BCUT2D eigenvalue weighted by Gasteiger charge is 2.20. The highest BCUT2D eigenvalue weighted by Crippen LogP contribution is 2.21. The van der Waals surface area contributed by atoms with E-state index in [1.165, 1.54) is 5.56 Å². The number of piperidine rings is 1. The number of carbonyl (C=O) groups is 1. The minimum Gasteiger partial charge on any atom is -0.357 e. The molecule has 1 saturated heterocycles. The maximum absolute atomic E-state index is 12.0. The molecule has 1 aliphatic heterocycles. The molecular formula is C22H36ClN5O. The van der Waals surface area contributed by atoms with E-state index in [9.17, 15) is 4.79 Å². The second-order valence-corrected chi connectivity index (χ2v) is 9.09. The van der Waals surface area contributed by atoms with Crippen molar-refractivity contribution in [3.05, 3.63) is 34.9 Å². The van der Waals surface area contributed by atoms with E-state index in [4.69, 9.17) is 11.6 Å². The van der Waals surface area contributed by atoms with Gasteiger partial charge in [0.05, 0.1) is 0 Å². The van der Waals surface area contributed by atoms with E-state index < -0.39 is 0 Å². The summed E-state index contributed by atoms with van der Waals surface area (Å²) in [6.45, 7) is 12.7. The zero-order valence-electron chi connectivity index (χ0n) is 18.2. The fourth-order valence-electron chi connectivity index (χ4n) is 3.41. The van der Waals surface area contributed by atoms with Crippen LogP contribution in [0, 0.1) is 5.92 Å². The Morgan fingerprint density at radius 1 is 1.21 bits per heavy atom. The number of hydrogen-bond donors (Lipinski definition) is 3. The van der Waals surface area contributed by atoms with Gasteiger partial charge >= 0.3 is 0 Å². The molecule has 29 heavy (non-hydrogen) atoms. The van der Waals surface area contributed by atoms with Crippen molar-refractivity contribution in [1.82, 2.24) is 20.9 Å². The van der Waals surface area contributed by atoms with Crippen molar-refractivity contribution in [2.45, 2.75) is 52.6 Å². The molecule has 0 unspecified atom stereocenters. The van der Waals surface area contributed by atoms with Gasteiger partial charge in [0, 0.05) is 30.2 Å². The van der Waals surface area contributed by atoms with Crippen LogP contribution in [0.1, 0.15) is 46.1 Å². The lowest BCUT2D eigenvalue weighted by molar-refractivity contribution is -0.121. The Morgan fingerprint density at radius 2 is 1.90 bits per heavy atom. The molecule has 0 radical (unpaired) electrons. The number of halogens is 1. The molecule has 0 spiro atoms. The van der Waals surface area contributed by atoms with Crippen molar-refractivity contribution in [3.8, 4) is 0 Å². The lowest BCUT2D eigenvalue weighted by Gasteiger charge is -2.32. The quantitative estimate of drug-likeness (QED) is 0.467. The van der Waals surface area contributed by atoms with E-state index in [0.717, 1.165) is 50.6 Å². The van der Waals surface area contributed by atoms with Crippen LogP contribution in [0.5, 0.6) is 0 Å². The SMILES string of the molecule is CCNC(=NCC(=O)NC(C)(C)C)NCC1CCN(Cc2ccccc2Cl)CC1. The predicted molar refractivity (Wildman–Crippen MR) is 121 cm³/mol. The second kappa shape index (κ2) is 11.4. The Morgan fingerprint density at radius 3 is 2.52 bits per heavy atom. The van der Waals surface area contributed by atoms with E-state index in [2.05, 4.69) is 31.9 Å². The number of likely N-dealkylation sites (tertiary alicyclic amines) is 1. The van der Waals surface area contributed by atoms with Gasteiger partial charge in [-0.25, -0.2) is 4.99 Å². The molecule has 1 aromatic carbocycles. The van der Waals surface area contributed by atoms with Gasteiger partial charge in [-0.05, 0) is 71.2 Å². The van der Waals surface area contributed by atoms with Gasteiger partial charge in [-0.1, -0.05) is 29.8 Å². The minimum absolute atomic E-state index is 0.0671. The molecule has 1 aliphatic rings. The average Bonchev–Trinajstić information content (AvgIpc) is 2.65. The molecule has 0 aliphatic carbocycles. The molecular weight excluding hydrogens is 386 g/mol. The Labute approximate surface area is 180 Å². The molecule has 7 heteroatoms. The van der Waals surface area contributed by atoms with Crippen LogP contribution in [0.4, 0.5) is 0 Å². The van der Waals surface area contributed by atoms with Gasteiger partial charge in [-0.2, -0.15) is 0 Å². The fourth-order valence-corrected chi connectivity index (χ4v) is 3.60. The zero-order chi connectivity index (χ0) is 21.3. The molecule has 0 saturated carbocycles. The molecule has 162 valence electrons. The van der Waals surface area contributed by atoms with E-state index in [-0.39, 0.29) is 18.0 Å². The van der Waals surface area contributed by atoms with E-state index in [1.807, 2.05) is 45.9 Å². The normalized spacial score (nSPS) is 16.5. The minimum atomic E-state index is -0.240. The van der Waals surface area contributed by atoms with Crippen molar-refractivity contribution >= 4 is 23.5 Å². The van der Waals surface area contributed by atoms with Gasteiger partial charge in [-0.15, -0.1) is 0 Å². The van der Waals surface area contributed by atoms with Crippen LogP contribution in [0.3, 0.4) is 0 Å². The molecule has 1 heterocycles. The van der Waals surface area contributed by atoms with Gasteiger partial charge in [0.25, 0.3) is 0 Å². The summed E-state index contributed by atoms with van der Waals surface area (Å²) in [5.74, 6) is 1.24. The number of nitrogens with zero attached hydrogens (tertiary/aromatic N) is 2. The Balaban J connectivity index is 1.75. The summed E-state index contributed by atoms with van der Waals surface area (Å²) in [5.41, 5.74) is 0.955. The Kier molecular flexibility index (Phi) is 9.24. The number of rotatable bonds is 7.